The van der Waals surface area contributed by atoms with Gasteiger partial charge in [-0.15, -0.1) is 0 Å². The molecule has 5 heterocycles. The number of aromatic nitrogens is 3. The maximum absolute atomic E-state index is 14.0. The number of carbonyl (C=O) groups excluding carboxylic acids is 2. The average molecular weight is 579 g/mol. The van der Waals surface area contributed by atoms with E-state index >= 15 is 0 Å². The van der Waals surface area contributed by atoms with Crippen LogP contribution < -0.4 is 10.7 Å². The van der Waals surface area contributed by atoms with Crippen LogP contribution >= 0.6 is 0 Å². The largest absolute Gasteiger partial charge is 0.378 e. The summed E-state index contributed by atoms with van der Waals surface area (Å²) < 4.78 is 9.20. The molecule has 2 saturated heterocycles. The Hall–Kier alpha value is -4.54. The second kappa shape index (κ2) is 11.3. The number of morpholine rings is 1. The van der Waals surface area contributed by atoms with E-state index in [4.69, 9.17) is 9.72 Å². The Balaban J connectivity index is 1.34. The number of amides is 2. The van der Waals surface area contributed by atoms with Gasteiger partial charge in [-0.25, -0.2) is 4.98 Å². The minimum absolute atomic E-state index is 0.0426. The molecule has 7 rings (SSSR count). The molecule has 10 nitrogen and oxygen atoms in total. The second-order valence-electron chi connectivity index (χ2n) is 11.3. The summed E-state index contributed by atoms with van der Waals surface area (Å²) in [6, 6.07) is 18.8. The van der Waals surface area contributed by atoms with Crippen molar-refractivity contribution in [3.63, 3.8) is 0 Å². The quantitative estimate of drug-likeness (QED) is 0.332. The number of likely N-dealkylation sites (tertiary alicyclic amines) is 1. The van der Waals surface area contributed by atoms with Crippen molar-refractivity contribution in [1.29, 1.82) is 0 Å². The third-order valence-electron chi connectivity index (χ3n) is 8.64. The van der Waals surface area contributed by atoms with Crippen molar-refractivity contribution in [3.05, 3.63) is 82.0 Å². The molecule has 2 aliphatic heterocycles. The highest BCUT2D eigenvalue weighted by Gasteiger charge is 2.25. The number of aryl methyl sites for hydroxylation is 1. The first kappa shape index (κ1) is 27.3. The minimum Gasteiger partial charge on any atom is -0.378 e. The summed E-state index contributed by atoms with van der Waals surface area (Å²) in [6.07, 6.45) is 2.36. The molecule has 0 unspecified atom stereocenters. The molecule has 3 aromatic heterocycles. The number of hydrogen-bond donors (Lipinski definition) is 1. The van der Waals surface area contributed by atoms with E-state index in [2.05, 4.69) is 10.2 Å². The van der Waals surface area contributed by atoms with Crippen molar-refractivity contribution in [2.75, 3.05) is 52.5 Å². The zero-order chi connectivity index (χ0) is 29.5. The fourth-order valence-corrected chi connectivity index (χ4v) is 6.39. The highest BCUT2D eigenvalue weighted by atomic mass is 16.5. The molecule has 0 spiro atoms. The van der Waals surface area contributed by atoms with E-state index in [9.17, 15) is 14.4 Å². The smallest absolute Gasteiger partial charge is 0.259 e. The SMILES string of the molecule is Cn1c2ccccc2n2c3nc(-c4cccc(C(=O)N5CCOCC5)c4)ccc3c(=O)c(C(=O)NCCN3CCCC3)c12. The lowest BCUT2D eigenvalue weighted by Crippen LogP contribution is -2.40. The highest BCUT2D eigenvalue weighted by Crippen LogP contribution is 2.28. The van der Waals surface area contributed by atoms with Gasteiger partial charge in [0.2, 0.25) is 5.43 Å². The Morgan fingerprint density at radius 3 is 2.49 bits per heavy atom. The molecule has 0 radical (unpaired) electrons. The van der Waals surface area contributed by atoms with Gasteiger partial charge in [0.25, 0.3) is 11.8 Å². The molecule has 0 saturated carbocycles. The number of carbonyl (C=O) groups is 2. The summed E-state index contributed by atoms with van der Waals surface area (Å²) in [6.45, 7) is 5.51. The highest BCUT2D eigenvalue weighted by molar-refractivity contribution is 6.06. The molecule has 0 aliphatic carbocycles. The van der Waals surface area contributed by atoms with E-state index in [1.807, 2.05) is 64.5 Å². The maximum atomic E-state index is 14.0. The van der Waals surface area contributed by atoms with Crippen molar-refractivity contribution in [2.45, 2.75) is 12.8 Å². The molecule has 2 aliphatic rings. The van der Waals surface area contributed by atoms with Gasteiger partial charge >= 0.3 is 0 Å². The molecular formula is C33H34N6O4. The predicted octanol–water partition coefficient (Wildman–Crippen LogP) is 3.30. The van der Waals surface area contributed by atoms with Crippen LogP contribution in [0, 0.1) is 0 Å². The van der Waals surface area contributed by atoms with Crippen LogP contribution in [-0.2, 0) is 11.8 Å². The molecular weight excluding hydrogens is 544 g/mol. The monoisotopic (exact) mass is 578 g/mol. The van der Waals surface area contributed by atoms with Crippen LogP contribution in [0.2, 0.25) is 0 Å². The first-order valence-electron chi connectivity index (χ1n) is 14.9. The standard InChI is InChI=1S/C33H34N6O4/c1-36-26-9-2-3-10-27(26)39-30-24(29(40)28(32(36)39)31(41)34-13-16-37-14-4-5-15-37)11-12-25(35-30)22-7-6-8-23(21-22)33(42)38-17-19-43-20-18-38/h2-3,6-12,21H,4-5,13-20H2,1H3,(H,34,41). The molecule has 0 atom stereocenters. The Morgan fingerprint density at radius 2 is 1.70 bits per heavy atom. The number of ether oxygens (including phenoxy) is 1. The van der Waals surface area contributed by atoms with Crippen molar-refractivity contribution >= 4 is 39.5 Å². The van der Waals surface area contributed by atoms with Crippen LogP contribution in [0.4, 0.5) is 0 Å². The van der Waals surface area contributed by atoms with Gasteiger partial charge < -0.3 is 24.4 Å². The van der Waals surface area contributed by atoms with Crippen molar-refractivity contribution in [3.8, 4) is 11.3 Å². The van der Waals surface area contributed by atoms with E-state index in [0.717, 1.165) is 36.2 Å². The fourth-order valence-electron chi connectivity index (χ4n) is 6.39. The van der Waals surface area contributed by atoms with E-state index in [1.165, 1.54) is 12.8 Å². The summed E-state index contributed by atoms with van der Waals surface area (Å²) in [5.41, 5.74) is 4.43. The van der Waals surface area contributed by atoms with Gasteiger partial charge in [0.15, 0.2) is 5.65 Å². The van der Waals surface area contributed by atoms with E-state index in [-0.39, 0.29) is 22.8 Å². The van der Waals surface area contributed by atoms with Crippen molar-refractivity contribution < 1.29 is 14.3 Å². The molecule has 43 heavy (non-hydrogen) atoms. The van der Waals surface area contributed by atoms with Crippen molar-refractivity contribution in [1.82, 2.24) is 29.1 Å². The van der Waals surface area contributed by atoms with E-state index in [0.29, 0.717) is 60.8 Å². The summed E-state index contributed by atoms with van der Waals surface area (Å²) in [7, 11) is 1.87. The number of fused-ring (bicyclic) bond motifs is 5. The summed E-state index contributed by atoms with van der Waals surface area (Å²) in [5, 5.41) is 3.37. The van der Waals surface area contributed by atoms with E-state index < -0.39 is 0 Å². The van der Waals surface area contributed by atoms with Crippen LogP contribution in [0.1, 0.15) is 33.6 Å². The zero-order valence-corrected chi connectivity index (χ0v) is 24.2. The first-order chi connectivity index (χ1) is 21.0. The summed E-state index contributed by atoms with van der Waals surface area (Å²) >= 11 is 0. The number of para-hydroxylation sites is 2. The summed E-state index contributed by atoms with van der Waals surface area (Å²) in [5.74, 6) is -0.424. The molecule has 2 amide bonds. The number of pyridine rings is 2. The van der Waals surface area contributed by atoms with Crippen LogP contribution in [0.15, 0.2) is 65.5 Å². The lowest BCUT2D eigenvalue weighted by molar-refractivity contribution is 0.0303. The van der Waals surface area contributed by atoms with Gasteiger partial charge in [-0.3, -0.25) is 18.8 Å². The summed E-state index contributed by atoms with van der Waals surface area (Å²) in [4.78, 5) is 49.9. The Bertz CT molecular complexity index is 1930. The topological polar surface area (TPSA) is 101 Å². The Morgan fingerprint density at radius 1 is 0.930 bits per heavy atom. The molecule has 0 bridgehead atoms. The first-order valence-corrected chi connectivity index (χ1v) is 14.9. The fraction of sp³-hybridized carbons (Fsp3) is 0.333. The molecule has 5 aromatic rings. The van der Waals surface area contributed by atoms with E-state index in [1.54, 1.807) is 17.0 Å². The number of imidazole rings is 1. The predicted molar refractivity (Wildman–Crippen MR) is 166 cm³/mol. The molecule has 2 fully saturated rings. The number of rotatable bonds is 6. The third-order valence-corrected chi connectivity index (χ3v) is 8.64. The van der Waals surface area contributed by atoms with Gasteiger partial charge in [-0.1, -0.05) is 24.3 Å². The lowest BCUT2D eigenvalue weighted by Gasteiger charge is -2.27. The normalized spacial score (nSPS) is 16.0. The van der Waals surface area contributed by atoms with Gasteiger partial charge in [0.1, 0.15) is 11.2 Å². The van der Waals surface area contributed by atoms with Crippen LogP contribution in [0.25, 0.3) is 39.0 Å². The molecule has 10 heteroatoms. The van der Waals surface area contributed by atoms with Crippen LogP contribution in [0.5, 0.6) is 0 Å². The van der Waals surface area contributed by atoms with Gasteiger partial charge in [-0.2, -0.15) is 0 Å². The lowest BCUT2D eigenvalue weighted by atomic mass is 10.1. The van der Waals surface area contributed by atoms with Gasteiger partial charge in [0, 0.05) is 44.4 Å². The molecule has 220 valence electrons. The zero-order valence-electron chi connectivity index (χ0n) is 24.2. The number of nitrogens with one attached hydrogen (secondary N) is 1. The van der Waals surface area contributed by atoms with Gasteiger partial charge in [-0.05, 0) is 62.3 Å². The number of benzene rings is 2. The average Bonchev–Trinajstić information content (AvgIpc) is 3.67. The second-order valence-corrected chi connectivity index (χ2v) is 11.3. The van der Waals surface area contributed by atoms with Crippen LogP contribution in [0.3, 0.4) is 0 Å². The van der Waals surface area contributed by atoms with Gasteiger partial charge in [0.05, 0.1) is 35.3 Å². The number of nitrogens with zero attached hydrogens (tertiary/aromatic N) is 5. The molecule has 1 N–H and O–H groups in total. The Labute approximate surface area is 248 Å². The molecule has 2 aromatic carbocycles. The minimum atomic E-state index is -0.382. The Kier molecular flexibility index (Phi) is 7.16. The maximum Gasteiger partial charge on any atom is 0.259 e. The number of hydrogen-bond acceptors (Lipinski definition) is 6. The van der Waals surface area contributed by atoms with Crippen LogP contribution in [-0.4, -0.2) is 88.0 Å². The van der Waals surface area contributed by atoms with Crippen molar-refractivity contribution in [2.24, 2.45) is 7.05 Å². The third kappa shape index (κ3) is 4.86.